The fourth-order valence-electron chi connectivity index (χ4n) is 3.12. The van der Waals surface area contributed by atoms with Crippen LogP contribution in [0.1, 0.15) is 11.1 Å². The number of anilines is 1. The molecule has 4 rings (SSSR count). The second-order valence-corrected chi connectivity index (χ2v) is 6.03. The van der Waals surface area contributed by atoms with E-state index in [-0.39, 0.29) is 0 Å². The van der Waals surface area contributed by atoms with Crippen molar-refractivity contribution in [2.45, 2.75) is 0 Å². The zero-order valence-corrected chi connectivity index (χ0v) is 14.7. The van der Waals surface area contributed by atoms with E-state index in [1.165, 1.54) is 0 Å². The van der Waals surface area contributed by atoms with Crippen LogP contribution >= 0.6 is 0 Å². The molecule has 3 N–H and O–H groups in total. The smallest absolute Gasteiger partial charge is 0.150 e. The van der Waals surface area contributed by atoms with Crippen LogP contribution < -0.4 is 10.5 Å². The number of pyridine rings is 1. The maximum absolute atomic E-state index is 9.58. The molecular formula is C21H18N4O2. The van der Waals surface area contributed by atoms with Gasteiger partial charge in [0.25, 0.3) is 0 Å². The van der Waals surface area contributed by atoms with Gasteiger partial charge >= 0.3 is 0 Å². The highest BCUT2D eigenvalue weighted by Crippen LogP contribution is 2.29. The van der Waals surface area contributed by atoms with Gasteiger partial charge in [0, 0.05) is 22.9 Å². The van der Waals surface area contributed by atoms with Crippen LogP contribution in [0.2, 0.25) is 0 Å². The molecule has 2 heterocycles. The number of nitrogens with two attached hydrogens (primary N) is 1. The molecule has 0 saturated carbocycles. The van der Waals surface area contributed by atoms with E-state index >= 15 is 0 Å². The van der Waals surface area contributed by atoms with Gasteiger partial charge < -0.3 is 15.7 Å². The molecule has 6 heteroatoms. The normalized spacial score (nSPS) is 11.7. The monoisotopic (exact) mass is 358 g/mol. The Morgan fingerprint density at radius 1 is 1.00 bits per heavy atom. The van der Waals surface area contributed by atoms with Gasteiger partial charge in [-0.15, -0.1) is 0 Å². The zero-order chi connectivity index (χ0) is 18.8. The van der Waals surface area contributed by atoms with Crippen molar-refractivity contribution in [1.29, 1.82) is 0 Å². The van der Waals surface area contributed by atoms with E-state index in [9.17, 15) is 5.21 Å². The van der Waals surface area contributed by atoms with E-state index in [1.54, 1.807) is 7.11 Å². The Bertz CT molecular complexity index is 1120. The number of nitrogen functional groups attached to an aromatic ring is 1. The lowest BCUT2D eigenvalue weighted by molar-refractivity contribution is 0.319. The predicted octanol–water partition coefficient (Wildman–Crippen LogP) is 3.82. The van der Waals surface area contributed by atoms with Crippen molar-refractivity contribution in [3.63, 3.8) is 0 Å². The van der Waals surface area contributed by atoms with E-state index in [2.05, 4.69) is 10.1 Å². The Morgan fingerprint density at radius 3 is 2.41 bits per heavy atom. The maximum Gasteiger partial charge on any atom is 0.150 e. The van der Waals surface area contributed by atoms with Crippen LogP contribution in [0, 0.1) is 0 Å². The summed E-state index contributed by atoms with van der Waals surface area (Å²) in [5, 5.41) is 13.1. The highest BCUT2D eigenvalue weighted by molar-refractivity contribution is 6.12. The Hall–Kier alpha value is -3.80. The topological polar surface area (TPSA) is 85.1 Å². The second-order valence-electron chi connectivity index (χ2n) is 6.03. The van der Waals surface area contributed by atoms with E-state index in [0.717, 1.165) is 28.1 Å². The largest absolute Gasteiger partial charge is 0.497 e. The fraction of sp³-hybridized carbons (Fsp3) is 0.0476. The summed E-state index contributed by atoms with van der Waals surface area (Å²) in [5.41, 5.74) is 10.6. The number of aromatic nitrogens is 2. The van der Waals surface area contributed by atoms with Gasteiger partial charge in [-0.2, -0.15) is 0 Å². The third-order valence-electron chi connectivity index (χ3n) is 4.43. The molecule has 0 amide bonds. The first-order valence-electron chi connectivity index (χ1n) is 8.41. The van der Waals surface area contributed by atoms with Crippen molar-refractivity contribution >= 4 is 17.2 Å². The average molecular weight is 358 g/mol. The molecule has 134 valence electrons. The van der Waals surface area contributed by atoms with E-state index in [0.29, 0.717) is 17.2 Å². The fourth-order valence-corrected chi connectivity index (χ4v) is 3.12. The standard InChI is InChI=1S/C21H18N4O2/c1-27-17-10-7-15(8-11-17)20-21(22)23-18-12-9-16(13-25(18)20)19(24-26)14-5-3-2-4-6-14/h2-13,26H,22H2,1H3. The first-order valence-corrected chi connectivity index (χ1v) is 8.41. The third-order valence-corrected chi connectivity index (χ3v) is 4.43. The van der Waals surface area contributed by atoms with Crippen LogP contribution in [-0.4, -0.2) is 27.4 Å². The summed E-state index contributed by atoms with van der Waals surface area (Å²) in [7, 11) is 1.63. The van der Waals surface area contributed by atoms with Gasteiger partial charge in [-0.25, -0.2) is 4.98 Å². The number of imidazole rings is 1. The number of fused-ring (bicyclic) bond motifs is 1. The molecule has 0 saturated heterocycles. The molecule has 4 aromatic rings. The maximum atomic E-state index is 9.58. The SMILES string of the molecule is COc1ccc(-c2c(N)nc3ccc(C(=NO)c4ccccc4)cn23)cc1. The van der Waals surface area contributed by atoms with Gasteiger partial charge in [0.1, 0.15) is 17.1 Å². The number of ether oxygens (including phenoxy) is 1. The van der Waals surface area contributed by atoms with Crippen LogP contribution in [0.3, 0.4) is 0 Å². The molecule has 0 fully saturated rings. The lowest BCUT2D eigenvalue weighted by Gasteiger charge is -2.08. The highest BCUT2D eigenvalue weighted by atomic mass is 16.5. The lowest BCUT2D eigenvalue weighted by Crippen LogP contribution is -2.05. The highest BCUT2D eigenvalue weighted by Gasteiger charge is 2.15. The molecule has 27 heavy (non-hydrogen) atoms. The number of rotatable bonds is 4. The summed E-state index contributed by atoms with van der Waals surface area (Å²) >= 11 is 0. The Kier molecular flexibility index (Phi) is 4.22. The van der Waals surface area contributed by atoms with Crippen molar-refractivity contribution < 1.29 is 9.94 Å². The number of hydrogen-bond donors (Lipinski definition) is 2. The van der Waals surface area contributed by atoms with E-state index in [1.807, 2.05) is 77.3 Å². The predicted molar refractivity (Wildman–Crippen MR) is 105 cm³/mol. The van der Waals surface area contributed by atoms with Gasteiger partial charge in [-0.1, -0.05) is 35.5 Å². The first kappa shape index (κ1) is 16.7. The van der Waals surface area contributed by atoms with Crippen molar-refractivity contribution in [3.8, 4) is 17.0 Å². The molecular weight excluding hydrogens is 340 g/mol. The average Bonchev–Trinajstić information content (AvgIpc) is 3.04. The minimum absolute atomic E-state index is 0.430. The van der Waals surface area contributed by atoms with Crippen LogP contribution in [0.25, 0.3) is 16.9 Å². The second kappa shape index (κ2) is 6.84. The number of methoxy groups -OCH3 is 1. The molecule has 0 unspecified atom stereocenters. The number of nitrogens with zero attached hydrogens (tertiary/aromatic N) is 3. The Labute approximate surface area is 156 Å². The minimum Gasteiger partial charge on any atom is -0.497 e. The first-order chi connectivity index (χ1) is 13.2. The lowest BCUT2D eigenvalue weighted by atomic mass is 10.0. The van der Waals surface area contributed by atoms with Gasteiger partial charge in [-0.05, 0) is 36.4 Å². The van der Waals surface area contributed by atoms with Crippen molar-refractivity contribution in [2.24, 2.45) is 5.16 Å². The number of oxime groups is 1. The summed E-state index contributed by atoms with van der Waals surface area (Å²) in [6.45, 7) is 0. The van der Waals surface area contributed by atoms with Gasteiger partial charge in [-0.3, -0.25) is 4.40 Å². The minimum atomic E-state index is 0.430. The van der Waals surface area contributed by atoms with Gasteiger partial charge in [0.15, 0.2) is 5.82 Å². The Balaban J connectivity index is 1.86. The molecule has 0 aliphatic rings. The van der Waals surface area contributed by atoms with E-state index < -0.39 is 0 Å². The van der Waals surface area contributed by atoms with Crippen molar-refractivity contribution in [1.82, 2.24) is 9.38 Å². The third kappa shape index (κ3) is 2.97. The molecule has 0 aliphatic heterocycles. The molecule has 2 aromatic heterocycles. The Morgan fingerprint density at radius 2 is 1.74 bits per heavy atom. The van der Waals surface area contributed by atoms with Crippen LogP contribution in [-0.2, 0) is 0 Å². The van der Waals surface area contributed by atoms with Gasteiger partial charge in [0.05, 0.1) is 12.8 Å². The molecule has 0 bridgehead atoms. The summed E-state index contributed by atoms with van der Waals surface area (Å²) in [5.74, 6) is 1.20. The van der Waals surface area contributed by atoms with Crippen molar-refractivity contribution in [2.75, 3.05) is 12.8 Å². The summed E-state index contributed by atoms with van der Waals surface area (Å²) in [4.78, 5) is 4.44. The molecule has 6 nitrogen and oxygen atoms in total. The van der Waals surface area contributed by atoms with Crippen LogP contribution in [0.5, 0.6) is 5.75 Å². The number of benzene rings is 2. The summed E-state index contributed by atoms with van der Waals surface area (Å²) in [6.07, 6.45) is 1.88. The van der Waals surface area contributed by atoms with E-state index in [4.69, 9.17) is 10.5 Å². The summed E-state index contributed by atoms with van der Waals surface area (Å²) < 4.78 is 7.12. The molecule has 0 radical (unpaired) electrons. The quantitative estimate of drug-likeness (QED) is 0.330. The molecule has 2 aromatic carbocycles. The molecule has 0 spiro atoms. The van der Waals surface area contributed by atoms with Crippen molar-refractivity contribution in [3.05, 3.63) is 84.1 Å². The van der Waals surface area contributed by atoms with Crippen LogP contribution in [0.15, 0.2) is 78.1 Å². The van der Waals surface area contributed by atoms with Gasteiger partial charge in [0.2, 0.25) is 0 Å². The summed E-state index contributed by atoms with van der Waals surface area (Å²) in [6, 6.07) is 20.8. The number of hydrogen-bond acceptors (Lipinski definition) is 5. The zero-order valence-electron chi connectivity index (χ0n) is 14.7. The van der Waals surface area contributed by atoms with Crippen LogP contribution in [0.4, 0.5) is 5.82 Å². The molecule has 0 aliphatic carbocycles. The molecule has 0 atom stereocenters.